The van der Waals surface area contributed by atoms with Gasteiger partial charge in [0.1, 0.15) is 5.82 Å². The smallest absolute Gasteiger partial charge is 0.330 e. The van der Waals surface area contributed by atoms with E-state index in [1.54, 1.807) is 13.0 Å². The molecule has 0 radical (unpaired) electrons. The highest BCUT2D eigenvalue weighted by atomic mass is 19.1. The zero-order valence-corrected chi connectivity index (χ0v) is 10.6. The number of esters is 1. The SMILES string of the molecule is CCOC(=O)C=Cc1ccc(CCC(=O)O)c(F)c1. The van der Waals surface area contributed by atoms with Gasteiger partial charge in [-0.2, -0.15) is 0 Å². The second kappa shape index (κ2) is 7.31. The maximum absolute atomic E-state index is 13.6. The van der Waals surface area contributed by atoms with Crippen LogP contribution in [-0.4, -0.2) is 23.7 Å². The number of hydrogen-bond acceptors (Lipinski definition) is 3. The van der Waals surface area contributed by atoms with Crippen molar-refractivity contribution in [3.05, 3.63) is 41.2 Å². The van der Waals surface area contributed by atoms with E-state index in [0.29, 0.717) is 11.1 Å². The van der Waals surface area contributed by atoms with E-state index >= 15 is 0 Å². The van der Waals surface area contributed by atoms with E-state index in [1.165, 1.54) is 24.3 Å². The Morgan fingerprint density at radius 1 is 1.42 bits per heavy atom. The minimum absolute atomic E-state index is 0.116. The van der Waals surface area contributed by atoms with Crippen molar-refractivity contribution in [2.75, 3.05) is 6.61 Å². The van der Waals surface area contributed by atoms with Crippen LogP contribution in [0.4, 0.5) is 4.39 Å². The summed E-state index contributed by atoms with van der Waals surface area (Å²) >= 11 is 0. The quantitative estimate of drug-likeness (QED) is 0.634. The first-order valence-corrected chi connectivity index (χ1v) is 5.88. The van der Waals surface area contributed by atoms with Crippen molar-refractivity contribution in [2.45, 2.75) is 19.8 Å². The van der Waals surface area contributed by atoms with Crippen molar-refractivity contribution < 1.29 is 23.8 Å². The number of aliphatic carboxylic acids is 1. The van der Waals surface area contributed by atoms with Crippen LogP contribution in [0.15, 0.2) is 24.3 Å². The van der Waals surface area contributed by atoms with Crippen LogP contribution in [0.25, 0.3) is 6.08 Å². The molecular formula is C14H15FO4. The lowest BCUT2D eigenvalue weighted by molar-refractivity contribution is -0.138. The number of ether oxygens (including phenoxy) is 1. The van der Waals surface area contributed by atoms with Crippen LogP contribution in [0.2, 0.25) is 0 Å². The number of rotatable bonds is 6. The second-order valence-corrected chi connectivity index (χ2v) is 3.83. The highest BCUT2D eigenvalue weighted by molar-refractivity contribution is 5.87. The van der Waals surface area contributed by atoms with Gasteiger partial charge in [-0.1, -0.05) is 12.1 Å². The molecule has 0 atom stereocenters. The molecule has 1 aromatic rings. The lowest BCUT2D eigenvalue weighted by Crippen LogP contribution is -2.00. The van der Waals surface area contributed by atoms with Gasteiger partial charge in [-0.25, -0.2) is 9.18 Å². The molecule has 0 bridgehead atoms. The fraction of sp³-hybridized carbons (Fsp3) is 0.286. The zero-order chi connectivity index (χ0) is 14.3. The van der Waals surface area contributed by atoms with Gasteiger partial charge in [0, 0.05) is 12.5 Å². The topological polar surface area (TPSA) is 63.6 Å². The lowest BCUT2D eigenvalue weighted by Gasteiger charge is -2.02. The molecule has 0 aliphatic carbocycles. The number of hydrogen-bond donors (Lipinski definition) is 1. The van der Waals surface area contributed by atoms with Crippen LogP contribution < -0.4 is 0 Å². The summed E-state index contributed by atoms with van der Waals surface area (Å²) in [5.41, 5.74) is 0.861. The Balaban J connectivity index is 2.71. The molecule has 0 unspecified atom stereocenters. The molecule has 0 amide bonds. The standard InChI is InChI=1S/C14H15FO4/c1-2-19-14(18)8-4-10-3-5-11(12(15)9-10)6-7-13(16)17/h3-5,8-9H,2,6-7H2,1H3,(H,16,17). The molecule has 1 N–H and O–H groups in total. The number of carboxylic acid groups (broad SMARTS) is 1. The predicted molar refractivity (Wildman–Crippen MR) is 68.0 cm³/mol. The number of aryl methyl sites for hydroxylation is 1. The first-order valence-electron chi connectivity index (χ1n) is 5.88. The minimum Gasteiger partial charge on any atom is -0.481 e. The third-order valence-corrected chi connectivity index (χ3v) is 2.38. The fourth-order valence-electron chi connectivity index (χ4n) is 1.47. The Morgan fingerprint density at radius 3 is 2.74 bits per heavy atom. The molecule has 1 aromatic carbocycles. The van der Waals surface area contributed by atoms with E-state index in [9.17, 15) is 14.0 Å². The van der Waals surface area contributed by atoms with Crippen LogP contribution in [-0.2, 0) is 20.7 Å². The van der Waals surface area contributed by atoms with Gasteiger partial charge >= 0.3 is 11.9 Å². The van der Waals surface area contributed by atoms with Crippen molar-refractivity contribution >= 4 is 18.0 Å². The average molecular weight is 266 g/mol. The zero-order valence-electron chi connectivity index (χ0n) is 10.6. The van der Waals surface area contributed by atoms with E-state index in [1.807, 2.05) is 0 Å². The largest absolute Gasteiger partial charge is 0.481 e. The summed E-state index contributed by atoms with van der Waals surface area (Å²) in [7, 11) is 0. The molecular weight excluding hydrogens is 251 g/mol. The van der Waals surface area contributed by atoms with E-state index in [2.05, 4.69) is 0 Å². The molecule has 0 spiro atoms. The van der Waals surface area contributed by atoms with E-state index in [0.717, 1.165) is 0 Å². The Bertz CT molecular complexity index is 494. The maximum Gasteiger partial charge on any atom is 0.330 e. The Kier molecular flexibility index (Phi) is 5.73. The molecule has 0 aliphatic heterocycles. The van der Waals surface area contributed by atoms with Crippen LogP contribution in [0.3, 0.4) is 0 Å². The molecule has 102 valence electrons. The first kappa shape index (κ1) is 14.9. The molecule has 0 saturated carbocycles. The van der Waals surface area contributed by atoms with E-state index < -0.39 is 17.8 Å². The molecule has 0 heterocycles. The minimum atomic E-state index is -0.967. The Morgan fingerprint density at radius 2 is 2.16 bits per heavy atom. The molecule has 1 rings (SSSR count). The number of benzene rings is 1. The van der Waals surface area contributed by atoms with Crippen molar-refractivity contribution in [2.24, 2.45) is 0 Å². The molecule has 4 nitrogen and oxygen atoms in total. The molecule has 0 fully saturated rings. The molecule has 5 heteroatoms. The third kappa shape index (κ3) is 5.33. The van der Waals surface area contributed by atoms with Gasteiger partial charge in [-0.05, 0) is 36.6 Å². The molecule has 0 aromatic heterocycles. The number of carbonyl (C=O) groups is 2. The van der Waals surface area contributed by atoms with Crippen LogP contribution in [0.5, 0.6) is 0 Å². The highest BCUT2D eigenvalue weighted by Crippen LogP contribution is 2.13. The van der Waals surface area contributed by atoms with Crippen molar-refractivity contribution in [3.63, 3.8) is 0 Å². The van der Waals surface area contributed by atoms with E-state index in [-0.39, 0.29) is 19.4 Å². The Labute approximate surface area is 110 Å². The van der Waals surface area contributed by atoms with Crippen molar-refractivity contribution in [1.82, 2.24) is 0 Å². The Hall–Kier alpha value is -2.17. The van der Waals surface area contributed by atoms with Crippen LogP contribution in [0.1, 0.15) is 24.5 Å². The number of halogens is 1. The van der Waals surface area contributed by atoms with Gasteiger partial charge in [-0.15, -0.1) is 0 Å². The monoisotopic (exact) mass is 266 g/mol. The summed E-state index contributed by atoms with van der Waals surface area (Å²) in [4.78, 5) is 21.5. The highest BCUT2D eigenvalue weighted by Gasteiger charge is 2.05. The summed E-state index contributed by atoms with van der Waals surface area (Å²) in [6, 6.07) is 4.39. The van der Waals surface area contributed by atoms with E-state index in [4.69, 9.17) is 9.84 Å². The van der Waals surface area contributed by atoms with Crippen LogP contribution >= 0.6 is 0 Å². The molecule has 0 aliphatic rings. The van der Waals surface area contributed by atoms with Crippen molar-refractivity contribution in [1.29, 1.82) is 0 Å². The molecule has 19 heavy (non-hydrogen) atoms. The van der Waals surface area contributed by atoms with Gasteiger partial charge in [0.15, 0.2) is 0 Å². The summed E-state index contributed by atoms with van der Waals surface area (Å²) in [6.45, 7) is 1.98. The third-order valence-electron chi connectivity index (χ3n) is 2.38. The number of carboxylic acids is 1. The summed E-state index contributed by atoms with van der Waals surface area (Å²) in [6.07, 6.45) is 2.69. The normalized spacial score (nSPS) is 10.6. The predicted octanol–water partition coefficient (Wildman–Crippen LogP) is 2.42. The average Bonchev–Trinajstić information content (AvgIpc) is 2.35. The summed E-state index contributed by atoms with van der Waals surface area (Å²) in [5, 5.41) is 8.53. The van der Waals surface area contributed by atoms with Gasteiger partial charge < -0.3 is 9.84 Å². The van der Waals surface area contributed by atoms with Crippen LogP contribution in [0, 0.1) is 5.82 Å². The second-order valence-electron chi connectivity index (χ2n) is 3.83. The number of carbonyl (C=O) groups excluding carboxylic acids is 1. The lowest BCUT2D eigenvalue weighted by atomic mass is 10.1. The van der Waals surface area contributed by atoms with Gasteiger partial charge in [-0.3, -0.25) is 4.79 Å². The van der Waals surface area contributed by atoms with Gasteiger partial charge in [0.2, 0.25) is 0 Å². The fourth-order valence-corrected chi connectivity index (χ4v) is 1.47. The summed E-state index contributed by atoms with van der Waals surface area (Å²) < 4.78 is 18.3. The van der Waals surface area contributed by atoms with Gasteiger partial charge in [0.25, 0.3) is 0 Å². The maximum atomic E-state index is 13.6. The summed E-state index contributed by atoms with van der Waals surface area (Å²) in [5.74, 6) is -1.93. The van der Waals surface area contributed by atoms with Crippen molar-refractivity contribution in [3.8, 4) is 0 Å². The first-order chi connectivity index (χ1) is 9.02. The van der Waals surface area contributed by atoms with Gasteiger partial charge in [0.05, 0.1) is 6.61 Å². The molecule has 0 saturated heterocycles.